The number of carbonyl (C=O) groups excluding carboxylic acids is 1. The van der Waals surface area contributed by atoms with Gasteiger partial charge < -0.3 is 15.7 Å². The van der Waals surface area contributed by atoms with Crippen LogP contribution < -0.4 is 10.6 Å². The summed E-state index contributed by atoms with van der Waals surface area (Å²) in [5, 5.41) is 12.9. The molecule has 98 valence electrons. The molecule has 0 heterocycles. The highest BCUT2D eigenvalue weighted by molar-refractivity contribution is 5.83. The van der Waals surface area contributed by atoms with Crippen LogP contribution in [0.1, 0.15) is 11.6 Å². The van der Waals surface area contributed by atoms with Crippen LogP contribution in [0.4, 0.5) is 13.6 Å². The Kier molecular flexibility index (Phi) is 5.04. The monoisotopic (exact) mass is 258 g/mol. The molecular weight excluding hydrogens is 246 g/mol. The van der Waals surface area contributed by atoms with Gasteiger partial charge in [-0.2, -0.15) is 0 Å². The van der Waals surface area contributed by atoms with E-state index >= 15 is 0 Å². The molecule has 0 spiro atoms. The molecule has 0 fully saturated rings. The Balaban J connectivity index is 2.65. The molecule has 7 heteroatoms. The number of alkyl halides is 2. The topological polar surface area (TPSA) is 78.4 Å². The Morgan fingerprint density at radius 1 is 1.22 bits per heavy atom. The van der Waals surface area contributed by atoms with Gasteiger partial charge in [0.1, 0.15) is 0 Å². The van der Waals surface area contributed by atoms with Crippen molar-refractivity contribution >= 4 is 12.0 Å². The second-order valence-electron chi connectivity index (χ2n) is 3.43. The molecule has 0 saturated heterocycles. The summed E-state index contributed by atoms with van der Waals surface area (Å²) in [6, 6.07) is 5.74. The molecule has 1 rings (SSSR count). The number of aliphatic carboxylic acids is 1. The third-order valence-electron chi connectivity index (χ3n) is 2.07. The van der Waals surface area contributed by atoms with Crippen LogP contribution in [0, 0.1) is 0 Å². The normalized spacial score (nSPS) is 11.9. The van der Waals surface area contributed by atoms with Crippen molar-refractivity contribution in [2.45, 2.75) is 12.5 Å². The summed E-state index contributed by atoms with van der Waals surface area (Å²) in [4.78, 5) is 22.2. The lowest BCUT2D eigenvalue weighted by Gasteiger charge is -2.15. The Bertz CT molecular complexity index is 412. The molecule has 1 aromatic carbocycles. The standard InChI is InChI=1S/C11H12F2N2O3/c12-8(13)6-14-11(18)15-9(10(16)17)7-4-2-1-3-5-7/h1-5,8-9H,6H2,(H,16,17)(H2,14,15,18). The van der Waals surface area contributed by atoms with Gasteiger partial charge in [0.25, 0.3) is 6.43 Å². The summed E-state index contributed by atoms with van der Waals surface area (Å²) in [5.74, 6) is -1.27. The molecule has 3 N–H and O–H groups in total. The second-order valence-corrected chi connectivity index (χ2v) is 3.43. The minimum atomic E-state index is -2.68. The Morgan fingerprint density at radius 2 is 1.83 bits per heavy atom. The van der Waals surface area contributed by atoms with Crippen LogP contribution in [-0.4, -0.2) is 30.1 Å². The molecule has 1 atom stereocenters. The summed E-state index contributed by atoms with van der Waals surface area (Å²) in [7, 11) is 0. The lowest BCUT2D eigenvalue weighted by Crippen LogP contribution is -2.42. The number of halogens is 2. The van der Waals surface area contributed by atoms with E-state index in [0.29, 0.717) is 5.56 Å². The van der Waals surface area contributed by atoms with Crippen molar-refractivity contribution < 1.29 is 23.5 Å². The number of rotatable bonds is 5. The van der Waals surface area contributed by atoms with Gasteiger partial charge in [0.05, 0.1) is 6.54 Å². The molecule has 0 bridgehead atoms. The van der Waals surface area contributed by atoms with E-state index in [1.54, 1.807) is 18.2 Å². The Hall–Kier alpha value is -2.18. The predicted molar refractivity (Wildman–Crippen MR) is 59.4 cm³/mol. The molecule has 0 radical (unpaired) electrons. The molecule has 0 aliphatic rings. The van der Waals surface area contributed by atoms with E-state index < -0.39 is 31.0 Å². The van der Waals surface area contributed by atoms with Gasteiger partial charge in [-0.05, 0) is 5.56 Å². The number of urea groups is 1. The van der Waals surface area contributed by atoms with Gasteiger partial charge in [0, 0.05) is 0 Å². The lowest BCUT2D eigenvalue weighted by atomic mass is 10.1. The highest BCUT2D eigenvalue weighted by Crippen LogP contribution is 2.12. The summed E-state index contributed by atoms with van der Waals surface area (Å²) in [5.41, 5.74) is 0.359. The minimum Gasteiger partial charge on any atom is -0.479 e. The average Bonchev–Trinajstić information content (AvgIpc) is 2.34. The van der Waals surface area contributed by atoms with Gasteiger partial charge in [0.2, 0.25) is 0 Å². The van der Waals surface area contributed by atoms with Crippen molar-refractivity contribution in [1.29, 1.82) is 0 Å². The number of benzene rings is 1. The first-order valence-electron chi connectivity index (χ1n) is 5.11. The quantitative estimate of drug-likeness (QED) is 0.746. The highest BCUT2D eigenvalue weighted by atomic mass is 19.3. The number of carbonyl (C=O) groups is 2. The van der Waals surface area contributed by atoms with Crippen molar-refractivity contribution in [3.63, 3.8) is 0 Å². The van der Waals surface area contributed by atoms with Gasteiger partial charge >= 0.3 is 12.0 Å². The van der Waals surface area contributed by atoms with Gasteiger partial charge in [-0.15, -0.1) is 0 Å². The van der Waals surface area contributed by atoms with E-state index in [1.165, 1.54) is 12.1 Å². The third kappa shape index (κ3) is 4.36. The van der Waals surface area contributed by atoms with Crippen molar-refractivity contribution in [2.75, 3.05) is 6.54 Å². The van der Waals surface area contributed by atoms with E-state index in [9.17, 15) is 18.4 Å². The number of nitrogens with one attached hydrogen (secondary N) is 2. The first-order chi connectivity index (χ1) is 8.50. The zero-order valence-corrected chi connectivity index (χ0v) is 9.27. The zero-order valence-electron chi connectivity index (χ0n) is 9.27. The Labute approximate surface area is 102 Å². The smallest absolute Gasteiger partial charge is 0.330 e. The number of hydrogen-bond donors (Lipinski definition) is 3. The minimum absolute atomic E-state index is 0.359. The fraction of sp³-hybridized carbons (Fsp3) is 0.273. The van der Waals surface area contributed by atoms with E-state index in [0.717, 1.165) is 0 Å². The molecule has 1 aromatic rings. The number of hydrogen-bond acceptors (Lipinski definition) is 2. The maximum absolute atomic E-state index is 11.9. The first kappa shape index (κ1) is 13.9. The van der Waals surface area contributed by atoms with Crippen LogP contribution >= 0.6 is 0 Å². The van der Waals surface area contributed by atoms with Crippen molar-refractivity contribution in [3.8, 4) is 0 Å². The molecule has 0 saturated carbocycles. The van der Waals surface area contributed by atoms with Gasteiger partial charge in [-0.1, -0.05) is 30.3 Å². The van der Waals surface area contributed by atoms with E-state index in [-0.39, 0.29) is 0 Å². The van der Waals surface area contributed by atoms with E-state index in [1.807, 2.05) is 5.32 Å². The molecule has 1 unspecified atom stereocenters. The number of amides is 2. The fourth-order valence-electron chi connectivity index (χ4n) is 1.29. The number of carboxylic acids is 1. The first-order valence-corrected chi connectivity index (χ1v) is 5.11. The maximum Gasteiger partial charge on any atom is 0.330 e. The van der Waals surface area contributed by atoms with Crippen LogP contribution in [0.2, 0.25) is 0 Å². The molecule has 0 aliphatic carbocycles. The molecule has 2 amide bonds. The lowest BCUT2D eigenvalue weighted by molar-refractivity contribution is -0.139. The Morgan fingerprint density at radius 3 is 2.33 bits per heavy atom. The predicted octanol–water partition coefficient (Wildman–Crippen LogP) is 1.38. The van der Waals surface area contributed by atoms with Crippen LogP contribution in [0.25, 0.3) is 0 Å². The molecule has 0 aromatic heterocycles. The highest BCUT2D eigenvalue weighted by Gasteiger charge is 2.21. The molecule has 0 aliphatic heterocycles. The fourth-order valence-corrected chi connectivity index (χ4v) is 1.29. The average molecular weight is 258 g/mol. The van der Waals surface area contributed by atoms with Crippen LogP contribution in [-0.2, 0) is 4.79 Å². The van der Waals surface area contributed by atoms with Crippen molar-refractivity contribution in [3.05, 3.63) is 35.9 Å². The van der Waals surface area contributed by atoms with Gasteiger partial charge in [-0.25, -0.2) is 18.4 Å². The van der Waals surface area contributed by atoms with E-state index in [4.69, 9.17) is 5.11 Å². The number of carboxylic acid groups (broad SMARTS) is 1. The van der Waals surface area contributed by atoms with Gasteiger partial charge in [0.15, 0.2) is 6.04 Å². The summed E-state index contributed by atoms with van der Waals surface area (Å²) in [6.07, 6.45) is -2.68. The summed E-state index contributed by atoms with van der Waals surface area (Å²) in [6.45, 7) is -0.826. The summed E-state index contributed by atoms with van der Waals surface area (Å²) < 4.78 is 23.7. The van der Waals surface area contributed by atoms with Crippen molar-refractivity contribution in [2.24, 2.45) is 0 Å². The SMILES string of the molecule is O=C(NCC(F)F)NC(C(=O)O)c1ccccc1. The van der Waals surface area contributed by atoms with E-state index in [2.05, 4.69) is 5.32 Å². The van der Waals surface area contributed by atoms with Crippen LogP contribution in [0.15, 0.2) is 30.3 Å². The van der Waals surface area contributed by atoms with Gasteiger partial charge in [-0.3, -0.25) is 0 Å². The summed E-state index contributed by atoms with van der Waals surface area (Å²) >= 11 is 0. The molecule has 18 heavy (non-hydrogen) atoms. The van der Waals surface area contributed by atoms with Crippen LogP contribution in [0.3, 0.4) is 0 Å². The van der Waals surface area contributed by atoms with Crippen molar-refractivity contribution in [1.82, 2.24) is 10.6 Å². The zero-order chi connectivity index (χ0) is 13.5. The second kappa shape index (κ2) is 6.53. The van der Waals surface area contributed by atoms with Crippen LogP contribution in [0.5, 0.6) is 0 Å². The molecule has 5 nitrogen and oxygen atoms in total. The molecular formula is C11H12F2N2O3. The third-order valence-corrected chi connectivity index (χ3v) is 2.07. The maximum atomic E-state index is 11.9. The largest absolute Gasteiger partial charge is 0.479 e.